The van der Waals surface area contributed by atoms with E-state index in [0.29, 0.717) is 15.0 Å². The quantitative estimate of drug-likeness (QED) is 0.0951. The first-order valence-corrected chi connectivity index (χ1v) is 15.4. The van der Waals surface area contributed by atoms with Crippen LogP contribution >= 0.6 is 92.8 Å². The highest BCUT2D eigenvalue weighted by Gasteiger charge is 2.88. The number of allylic oxidation sites excluding steroid dienone is 2. The van der Waals surface area contributed by atoms with Gasteiger partial charge in [-0.25, -0.2) is 5.01 Å². The second kappa shape index (κ2) is 11.2. The van der Waals surface area contributed by atoms with Crippen molar-refractivity contribution in [2.45, 2.75) is 26.5 Å². The van der Waals surface area contributed by atoms with E-state index in [0.717, 1.165) is 24.3 Å². The first-order valence-electron chi connectivity index (χ1n) is 12.2. The van der Waals surface area contributed by atoms with Crippen molar-refractivity contribution in [2.24, 2.45) is 11.8 Å². The summed E-state index contributed by atoms with van der Waals surface area (Å²) in [5.74, 6) is -7.30. The van der Waals surface area contributed by atoms with Crippen LogP contribution in [0.4, 0.5) is 5.69 Å². The first-order chi connectivity index (χ1) is 20.1. The molecule has 17 heteroatoms. The number of imide groups is 1. The third-order valence-electron chi connectivity index (χ3n) is 7.74. The maximum absolute atomic E-state index is 14.2. The maximum Gasteiger partial charge on any atom is 0.273 e. The average molecular weight is 749 g/mol. The Hall–Kier alpha value is -1.82. The van der Waals surface area contributed by atoms with E-state index >= 15 is 0 Å². The molecule has 1 saturated heterocycles. The van der Waals surface area contributed by atoms with Crippen molar-refractivity contribution in [1.29, 1.82) is 0 Å². The van der Waals surface area contributed by atoms with Gasteiger partial charge in [-0.15, -0.1) is 34.8 Å². The molecule has 2 bridgehead atoms. The third kappa shape index (κ3) is 4.41. The van der Waals surface area contributed by atoms with E-state index in [-0.39, 0.29) is 39.2 Å². The van der Waals surface area contributed by atoms with Gasteiger partial charge in [0.05, 0.1) is 26.8 Å². The Morgan fingerprint density at radius 3 is 1.77 bits per heavy atom. The van der Waals surface area contributed by atoms with Gasteiger partial charge in [0.1, 0.15) is 15.8 Å². The molecule has 0 unspecified atom stereocenters. The molecular formula is C26H15Cl8N3O6. The fraction of sp³-hybridized carbons (Fsp3) is 0.308. The second-order valence-electron chi connectivity index (χ2n) is 9.89. The number of alkyl halides is 5. The Kier molecular flexibility index (Phi) is 8.49. The number of nitro groups is 1. The number of nitrogens with zero attached hydrogens (tertiary/aromatic N) is 3. The molecule has 0 spiro atoms. The number of carbonyl (C=O) groups is 4. The topological polar surface area (TPSA) is 118 Å². The molecule has 5 rings (SSSR count). The van der Waals surface area contributed by atoms with Crippen LogP contribution in [0.15, 0.2) is 58.6 Å². The molecule has 2 aromatic carbocycles. The molecule has 2 aromatic rings. The zero-order valence-electron chi connectivity index (χ0n) is 21.1. The number of Topliss-reactive ketones (excluding diaryl/α,β-unsaturated/α-hetero) is 1. The Morgan fingerprint density at radius 1 is 0.860 bits per heavy atom. The number of hydrogen-bond acceptors (Lipinski definition) is 6. The van der Waals surface area contributed by atoms with Gasteiger partial charge in [-0.1, -0.05) is 58.0 Å². The zero-order chi connectivity index (χ0) is 31.8. The predicted molar refractivity (Wildman–Crippen MR) is 163 cm³/mol. The summed E-state index contributed by atoms with van der Waals surface area (Å²) in [5, 5.41) is 11.9. The Morgan fingerprint density at radius 2 is 1.33 bits per heavy atom. The predicted octanol–water partition coefficient (Wildman–Crippen LogP) is 6.93. The van der Waals surface area contributed by atoms with Gasteiger partial charge in [0, 0.05) is 34.2 Å². The number of carbonyl (C=O) groups excluding carboxylic acids is 4. The summed E-state index contributed by atoms with van der Waals surface area (Å²) in [7, 11) is 0. The molecule has 1 heterocycles. The van der Waals surface area contributed by atoms with Crippen molar-refractivity contribution in [3.8, 4) is 0 Å². The second-order valence-corrected chi connectivity index (χ2v) is 14.0. The van der Waals surface area contributed by atoms with E-state index in [9.17, 15) is 29.3 Å². The summed E-state index contributed by atoms with van der Waals surface area (Å²) in [6.45, 7) is 0. The summed E-state index contributed by atoms with van der Waals surface area (Å²) in [6.07, 6.45) is -0.235. The van der Waals surface area contributed by atoms with E-state index in [4.69, 9.17) is 92.8 Å². The van der Waals surface area contributed by atoms with Gasteiger partial charge in [-0.3, -0.25) is 29.3 Å². The highest BCUT2D eigenvalue weighted by atomic mass is 35.5. The minimum absolute atomic E-state index is 0.0799. The van der Waals surface area contributed by atoms with Crippen LogP contribution in [0.2, 0.25) is 5.02 Å². The molecule has 2 aliphatic carbocycles. The Labute approximate surface area is 283 Å². The largest absolute Gasteiger partial charge is 0.292 e. The van der Waals surface area contributed by atoms with E-state index < -0.39 is 60.4 Å². The molecule has 2 fully saturated rings. The molecule has 226 valence electrons. The average Bonchev–Trinajstić information content (AvgIpc) is 3.35. The molecule has 0 aromatic heterocycles. The van der Waals surface area contributed by atoms with Gasteiger partial charge >= 0.3 is 0 Å². The highest BCUT2D eigenvalue weighted by Crippen LogP contribution is 2.77. The molecule has 1 aliphatic heterocycles. The van der Waals surface area contributed by atoms with Crippen LogP contribution in [-0.2, 0) is 9.59 Å². The lowest BCUT2D eigenvalue weighted by atomic mass is 9.84. The van der Waals surface area contributed by atoms with Crippen molar-refractivity contribution in [2.75, 3.05) is 5.88 Å². The standard InChI is InChI=1S/C26H15Cl8N3O6/c27-10-9-15(18(38)11-1-5-13(28)6-2-11)35(21(39)12-3-7-14(8-4-12)37(42)43)36-22(40)16-17(23(36)41)25(32)20(30)19(29)24(16,31)26(25,33)34/h1-8,15-17H,9-10H2/t15-,16-,17+,24-,25-/m1/s1. The zero-order valence-corrected chi connectivity index (χ0v) is 27.1. The van der Waals surface area contributed by atoms with Crippen LogP contribution in [0.3, 0.4) is 0 Å². The molecule has 3 amide bonds. The number of ketones is 1. The Bertz CT molecular complexity index is 1570. The number of halogens is 8. The number of rotatable bonds is 8. The fourth-order valence-electron chi connectivity index (χ4n) is 5.70. The van der Waals surface area contributed by atoms with Crippen molar-refractivity contribution in [1.82, 2.24) is 10.0 Å². The minimum Gasteiger partial charge on any atom is -0.292 e. The van der Waals surface area contributed by atoms with Gasteiger partial charge in [-0.05, 0) is 42.8 Å². The summed E-state index contributed by atoms with van der Waals surface area (Å²) in [6, 6.07) is 8.43. The van der Waals surface area contributed by atoms with E-state index in [1.165, 1.54) is 24.3 Å². The minimum atomic E-state index is -2.23. The summed E-state index contributed by atoms with van der Waals surface area (Å²) < 4.78 is -2.23. The van der Waals surface area contributed by atoms with Crippen molar-refractivity contribution < 1.29 is 24.1 Å². The molecule has 5 atom stereocenters. The lowest BCUT2D eigenvalue weighted by Crippen LogP contribution is -2.60. The number of hydrogen-bond donors (Lipinski definition) is 0. The highest BCUT2D eigenvalue weighted by molar-refractivity contribution is 6.66. The monoisotopic (exact) mass is 745 g/mol. The lowest BCUT2D eigenvalue weighted by molar-refractivity contribution is -0.384. The molecule has 3 aliphatic rings. The molecule has 0 N–H and O–H groups in total. The van der Waals surface area contributed by atoms with Gasteiger partial charge in [0.25, 0.3) is 23.4 Å². The summed E-state index contributed by atoms with van der Waals surface area (Å²) in [5.41, 5.74) is -0.452. The third-order valence-corrected chi connectivity index (χ3v) is 12.5. The normalized spacial score (nSPS) is 27.9. The summed E-state index contributed by atoms with van der Waals surface area (Å²) >= 11 is 51.6. The molecule has 0 radical (unpaired) electrons. The fourth-order valence-corrected chi connectivity index (χ4v) is 8.96. The van der Waals surface area contributed by atoms with E-state index in [1.807, 2.05) is 0 Å². The lowest BCUT2D eigenvalue weighted by Gasteiger charge is -2.39. The number of fused-ring (bicyclic) bond motifs is 5. The SMILES string of the molecule is O=C(c1ccc(Cl)cc1)[C@@H](CCCl)N(C(=O)c1ccc([N+](=O)[O-])cc1)N1C(=O)[C@@H]2[C@H](C1=O)[C@@]1(Cl)C(Cl)=C(Cl)[C@@]2(Cl)C1(Cl)Cl. The smallest absolute Gasteiger partial charge is 0.273 e. The number of hydrazine groups is 1. The van der Waals surface area contributed by atoms with Gasteiger partial charge < -0.3 is 0 Å². The van der Waals surface area contributed by atoms with Crippen LogP contribution in [0.1, 0.15) is 27.1 Å². The molecule has 1 saturated carbocycles. The van der Waals surface area contributed by atoms with Crippen LogP contribution < -0.4 is 0 Å². The van der Waals surface area contributed by atoms with E-state index in [2.05, 4.69) is 0 Å². The van der Waals surface area contributed by atoms with Crippen LogP contribution in [-0.4, -0.2) is 64.4 Å². The van der Waals surface area contributed by atoms with Crippen molar-refractivity contribution in [3.63, 3.8) is 0 Å². The summed E-state index contributed by atoms with van der Waals surface area (Å²) in [4.78, 5) is 62.5. The molecular weight excluding hydrogens is 734 g/mol. The van der Waals surface area contributed by atoms with Crippen molar-refractivity contribution >= 4 is 122 Å². The Balaban J connectivity index is 1.67. The van der Waals surface area contributed by atoms with Crippen LogP contribution in [0.25, 0.3) is 0 Å². The molecule has 43 heavy (non-hydrogen) atoms. The van der Waals surface area contributed by atoms with Gasteiger partial charge in [0.2, 0.25) is 0 Å². The van der Waals surface area contributed by atoms with Gasteiger partial charge in [0.15, 0.2) is 10.1 Å². The number of benzene rings is 2. The van der Waals surface area contributed by atoms with E-state index in [1.54, 1.807) is 0 Å². The number of amides is 3. The van der Waals surface area contributed by atoms with Crippen LogP contribution in [0.5, 0.6) is 0 Å². The maximum atomic E-state index is 14.2. The first kappa shape index (κ1) is 32.6. The van der Waals surface area contributed by atoms with Crippen LogP contribution in [0, 0.1) is 22.0 Å². The number of non-ortho nitro benzene ring substituents is 1. The van der Waals surface area contributed by atoms with Crippen molar-refractivity contribution in [3.05, 3.63) is 84.9 Å². The van der Waals surface area contributed by atoms with Gasteiger partial charge in [-0.2, -0.15) is 5.01 Å². The number of nitro benzene ring substituents is 1. The molecule has 9 nitrogen and oxygen atoms in total.